The van der Waals surface area contributed by atoms with Gasteiger partial charge in [0.05, 0.1) is 17.1 Å². The van der Waals surface area contributed by atoms with Crippen LogP contribution in [0.1, 0.15) is 36.5 Å². The average molecular weight is 542 g/mol. The van der Waals surface area contributed by atoms with Gasteiger partial charge in [-0.2, -0.15) is 0 Å². The molecule has 0 saturated carbocycles. The number of benzene rings is 2. The smallest absolute Gasteiger partial charge is 0.408 e. The number of Topliss-reactive ketones (excluding diaryl/α,β-unsaturated/α-hetero) is 1. The minimum atomic E-state index is -0.835. The van der Waals surface area contributed by atoms with Gasteiger partial charge in [-0.1, -0.05) is 71.4 Å². The molecule has 2 N–H and O–H groups in total. The van der Waals surface area contributed by atoms with Gasteiger partial charge in [0.25, 0.3) is 0 Å². The van der Waals surface area contributed by atoms with E-state index in [0.717, 1.165) is 22.4 Å². The lowest BCUT2D eigenvalue weighted by molar-refractivity contribution is -0.129. The van der Waals surface area contributed by atoms with E-state index in [2.05, 4.69) is 26.6 Å². The number of ether oxygens (including phenoxy) is 1. The molecule has 35 heavy (non-hydrogen) atoms. The van der Waals surface area contributed by atoms with E-state index in [0.29, 0.717) is 25.7 Å². The van der Waals surface area contributed by atoms with Crippen LogP contribution in [0.5, 0.6) is 0 Å². The molecule has 9 heteroatoms. The molecule has 0 aromatic heterocycles. The molecule has 2 aromatic rings. The molecule has 1 unspecified atom stereocenters. The average Bonchev–Trinajstić information content (AvgIpc) is 3.22. The van der Waals surface area contributed by atoms with Crippen LogP contribution in [0.25, 0.3) is 0 Å². The molecule has 0 bridgehead atoms. The Hall–Kier alpha value is -3.20. The van der Waals surface area contributed by atoms with Crippen molar-refractivity contribution in [1.82, 2.24) is 10.6 Å². The Balaban J connectivity index is 1.51. The zero-order valence-electron chi connectivity index (χ0n) is 19.5. The van der Waals surface area contributed by atoms with E-state index in [1.807, 2.05) is 55.5 Å². The summed E-state index contributed by atoms with van der Waals surface area (Å²) in [5, 5.41) is 5.65. The Bertz CT molecular complexity index is 1120. The van der Waals surface area contributed by atoms with Crippen LogP contribution in [0.2, 0.25) is 0 Å². The third-order valence-corrected chi connectivity index (χ3v) is 7.01. The first-order valence-corrected chi connectivity index (χ1v) is 12.8. The molecule has 184 valence electrons. The Morgan fingerprint density at radius 2 is 1.86 bits per heavy atom. The molecule has 2 aromatic carbocycles. The Labute approximate surface area is 212 Å². The normalized spacial score (nSPS) is 19.4. The highest BCUT2D eigenvalue weighted by molar-refractivity contribution is 9.09. The summed E-state index contributed by atoms with van der Waals surface area (Å²) < 4.78 is 5.32. The Morgan fingerprint density at radius 1 is 1.11 bits per heavy atom. The topological polar surface area (TPSA) is 105 Å². The quantitative estimate of drug-likeness (QED) is 0.499. The van der Waals surface area contributed by atoms with Crippen LogP contribution in [-0.2, 0) is 38.6 Å². The maximum Gasteiger partial charge on any atom is 0.408 e. The molecule has 0 aliphatic carbocycles. The van der Waals surface area contributed by atoms with Crippen LogP contribution >= 0.6 is 15.9 Å². The lowest BCUT2D eigenvalue weighted by atomic mass is 10.0. The predicted molar refractivity (Wildman–Crippen MR) is 134 cm³/mol. The third kappa shape index (κ3) is 5.40. The van der Waals surface area contributed by atoms with E-state index >= 15 is 0 Å². The van der Waals surface area contributed by atoms with Gasteiger partial charge in [0.15, 0.2) is 5.78 Å². The van der Waals surface area contributed by atoms with Crippen LogP contribution in [0.3, 0.4) is 0 Å². The summed E-state index contributed by atoms with van der Waals surface area (Å²) in [5.74, 6) is -0.862. The first-order valence-electron chi connectivity index (χ1n) is 11.7. The molecule has 3 amide bonds. The molecule has 0 fully saturated rings. The van der Waals surface area contributed by atoms with E-state index in [-0.39, 0.29) is 29.5 Å². The van der Waals surface area contributed by atoms with Gasteiger partial charge in [-0.15, -0.1) is 0 Å². The van der Waals surface area contributed by atoms with Crippen molar-refractivity contribution in [3.8, 4) is 0 Å². The lowest BCUT2D eigenvalue weighted by Crippen LogP contribution is -2.56. The number of amides is 3. The number of aryl methyl sites for hydroxylation is 1. The minimum absolute atomic E-state index is 0.0900. The van der Waals surface area contributed by atoms with E-state index in [1.165, 1.54) is 4.90 Å². The standard InChI is InChI=1S/C26H28BrN3O5/c1-2-19(22(31)14-27)28-24(32)21-13-18-10-6-9-17-11-12-20(25(33)30(21)23(17)18)29-26(34)35-15-16-7-4-3-5-8-16/h3-10,19-21H,2,11-15H2,1H3,(H,28,32)(H,29,34)/t19?,20-,21-/m0/s1. The monoisotopic (exact) mass is 541 g/mol. The summed E-state index contributed by atoms with van der Waals surface area (Å²) in [6.07, 6.45) is 1.08. The highest BCUT2D eigenvalue weighted by Gasteiger charge is 2.44. The van der Waals surface area contributed by atoms with Gasteiger partial charge in [0.1, 0.15) is 18.7 Å². The van der Waals surface area contributed by atoms with Crippen molar-refractivity contribution in [3.05, 3.63) is 65.2 Å². The van der Waals surface area contributed by atoms with E-state index in [1.54, 1.807) is 0 Å². The molecule has 2 heterocycles. The second-order valence-corrected chi connectivity index (χ2v) is 9.28. The number of anilines is 1. The summed E-state index contributed by atoms with van der Waals surface area (Å²) in [5.41, 5.74) is 3.44. The number of hydrogen-bond acceptors (Lipinski definition) is 5. The number of ketones is 1. The first kappa shape index (κ1) is 24.9. The van der Waals surface area contributed by atoms with E-state index in [4.69, 9.17) is 4.74 Å². The SMILES string of the molecule is CCC(NC(=O)[C@@H]1Cc2cccc3c2N1C(=O)[C@@H](NC(=O)OCc1ccccc1)CC3)C(=O)CBr. The second kappa shape index (κ2) is 11.0. The van der Waals surface area contributed by atoms with Crippen molar-refractivity contribution >= 4 is 45.3 Å². The number of nitrogens with zero attached hydrogens (tertiary/aromatic N) is 1. The van der Waals surface area contributed by atoms with E-state index < -0.39 is 24.2 Å². The zero-order valence-corrected chi connectivity index (χ0v) is 21.0. The number of rotatable bonds is 8. The van der Waals surface area contributed by atoms with Crippen LogP contribution in [0, 0.1) is 0 Å². The van der Waals surface area contributed by atoms with Crippen molar-refractivity contribution < 1.29 is 23.9 Å². The zero-order chi connectivity index (χ0) is 24.9. The number of hydrogen-bond donors (Lipinski definition) is 2. The van der Waals surface area contributed by atoms with Crippen LogP contribution in [0.4, 0.5) is 10.5 Å². The number of carbonyl (C=O) groups excluding carboxylic acids is 4. The maximum absolute atomic E-state index is 13.6. The van der Waals surface area contributed by atoms with Crippen molar-refractivity contribution in [2.75, 3.05) is 10.2 Å². The predicted octanol–water partition coefficient (Wildman–Crippen LogP) is 3.04. The Morgan fingerprint density at radius 3 is 2.57 bits per heavy atom. The fourth-order valence-corrected chi connectivity index (χ4v) is 5.04. The number of halogens is 1. The van der Waals surface area contributed by atoms with Gasteiger partial charge < -0.3 is 15.4 Å². The summed E-state index contributed by atoms with van der Waals surface area (Å²) in [4.78, 5) is 53.1. The van der Waals surface area contributed by atoms with Crippen LogP contribution in [0.15, 0.2) is 48.5 Å². The van der Waals surface area contributed by atoms with Crippen molar-refractivity contribution in [1.29, 1.82) is 0 Å². The summed E-state index contributed by atoms with van der Waals surface area (Å²) in [6, 6.07) is 12.8. The molecule has 0 spiro atoms. The molecule has 4 rings (SSSR count). The fourth-order valence-electron chi connectivity index (χ4n) is 4.65. The highest BCUT2D eigenvalue weighted by Crippen LogP contribution is 2.39. The molecule has 0 saturated heterocycles. The summed E-state index contributed by atoms with van der Waals surface area (Å²) in [6.45, 7) is 1.91. The molecule has 3 atom stereocenters. The van der Waals surface area contributed by atoms with Gasteiger partial charge in [-0.25, -0.2) is 4.79 Å². The number of alkyl halides is 1. The van der Waals surface area contributed by atoms with Crippen molar-refractivity contribution in [2.24, 2.45) is 0 Å². The second-order valence-electron chi connectivity index (χ2n) is 8.72. The van der Waals surface area contributed by atoms with Crippen LogP contribution in [-0.4, -0.2) is 47.1 Å². The number of alkyl carbamates (subject to hydrolysis) is 1. The van der Waals surface area contributed by atoms with Crippen LogP contribution < -0.4 is 15.5 Å². The molecule has 0 radical (unpaired) electrons. The van der Waals surface area contributed by atoms with Crippen molar-refractivity contribution in [2.45, 2.75) is 57.3 Å². The number of carbonyl (C=O) groups is 4. The van der Waals surface area contributed by atoms with Gasteiger partial charge in [0.2, 0.25) is 11.8 Å². The molecule has 8 nitrogen and oxygen atoms in total. The lowest BCUT2D eigenvalue weighted by Gasteiger charge is -2.28. The number of nitrogens with one attached hydrogen (secondary N) is 2. The van der Waals surface area contributed by atoms with Crippen molar-refractivity contribution in [3.63, 3.8) is 0 Å². The molecule has 2 aliphatic rings. The number of para-hydroxylation sites is 1. The molecular formula is C26H28BrN3O5. The first-order chi connectivity index (χ1) is 16.9. The minimum Gasteiger partial charge on any atom is -0.445 e. The maximum atomic E-state index is 13.6. The molecular weight excluding hydrogens is 514 g/mol. The van der Waals surface area contributed by atoms with Gasteiger partial charge in [0, 0.05) is 6.42 Å². The van der Waals surface area contributed by atoms with E-state index in [9.17, 15) is 19.2 Å². The fraction of sp³-hybridized carbons (Fsp3) is 0.385. The molecule has 2 aliphatic heterocycles. The largest absolute Gasteiger partial charge is 0.445 e. The summed E-state index contributed by atoms with van der Waals surface area (Å²) in [7, 11) is 0. The van der Waals surface area contributed by atoms with Gasteiger partial charge in [-0.3, -0.25) is 19.3 Å². The third-order valence-electron chi connectivity index (χ3n) is 6.46. The highest BCUT2D eigenvalue weighted by atomic mass is 79.9. The Kier molecular flexibility index (Phi) is 7.85. The van der Waals surface area contributed by atoms with Gasteiger partial charge in [-0.05, 0) is 36.0 Å². The summed E-state index contributed by atoms with van der Waals surface area (Å²) >= 11 is 3.16. The van der Waals surface area contributed by atoms with Gasteiger partial charge >= 0.3 is 6.09 Å².